The highest BCUT2D eigenvalue weighted by atomic mass is 35.5. The molecule has 1 fully saturated rings. The molecule has 0 bridgehead atoms. The number of halogens is 1. The van der Waals surface area contributed by atoms with Gasteiger partial charge in [0.2, 0.25) is 5.91 Å². The highest BCUT2D eigenvalue weighted by Gasteiger charge is 2.21. The van der Waals surface area contributed by atoms with E-state index in [-0.39, 0.29) is 5.91 Å². The molecule has 128 valence electrons. The van der Waals surface area contributed by atoms with E-state index in [1.165, 1.54) is 0 Å². The first-order valence-electron chi connectivity index (χ1n) is 8.16. The zero-order chi connectivity index (χ0) is 16.9. The Labute approximate surface area is 147 Å². The van der Waals surface area contributed by atoms with Crippen molar-refractivity contribution in [1.82, 2.24) is 10.2 Å². The van der Waals surface area contributed by atoms with Gasteiger partial charge in [0.05, 0.1) is 13.1 Å². The summed E-state index contributed by atoms with van der Waals surface area (Å²) < 4.78 is 5.48. The molecule has 0 spiro atoms. The lowest BCUT2D eigenvalue weighted by atomic mass is 10.2. The van der Waals surface area contributed by atoms with Crippen molar-refractivity contribution in [3.63, 3.8) is 0 Å². The maximum atomic E-state index is 12.3. The van der Waals surface area contributed by atoms with E-state index in [0.29, 0.717) is 13.1 Å². The molecule has 0 radical (unpaired) electrons. The zero-order valence-corrected chi connectivity index (χ0v) is 14.6. The number of carbonyl (C=O) groups excluding carboxylic acids is 1. The average Bonchev–Trinajstić information content (AvgIpc) is 3.00. The fourth-order valence-corrected chi connectivity index (χ4v) is 3.06. The minimum Gasteiger partial charge on any atom is -0.465 e. The van der Waals surface area contributed by atoms with Gasteiger partial charge in [0, 0.05) is 36.9 Å². The number of furan rings is 1. The molecule has 1 saturated heterocycles. The summed E-state index contributed by atoms with van der Waals surface area (Å²) in [5.74, 6) is 1.87. The molecular formula is C18H22ClN3O2. The molecule has 1 aromatic heterocycles. The molecule has 2 aromatic rings. The number of aryl methyl sites for hydroxylation is 1. The van der Waals surface area contributed by atoms with Crippen LogP contribution in [0, 0.1) is 6.92 Å². The van der Waals surface area contributed by atoms with Crippen molar-refractivity contribution in [2.45, 2.75) is 13.5 Å². The van der Waals surface area contributed by atoms with Crippen molar-refractivity contribution >= 4 is 23.2 Å². The van der Waals surface area contributed by atoms with E-state index in [2.05, 4.69) is 16.3 Å². The Balaban J connectivity index is 1.43. The second-order valence-corrected chi connectivity index (χ2v) is 6.40. The summed E-state index contributed by atoms with van der Waals surface area (Å²) in [6.07, 6.45) is 0. The molecule has 1 aromatic carbocycles. The molecule has 1 N–H and O–H groups in total. The molecule has 6 heteroatoms. The van der Waals surface area contributed by atoms with Crippen molar-refractivity contribution in [1.29, 1.82) is 0 Å². The van der Waals surface area contributed by atoms with Gasteiger partial charge in [0.1, 0.15) is 11.5 Å². The van der Waals surface area contributed by atoms with Crippen LogP contribution in [0.15, 0.2) is 40.8 Å². The van der Waals surface area contributed by atoms with Gasteiger partial charge in [0.25, 0.3) is 0 Å². The summed E-state index contributed by atoms with van der Waals surface area (Å²) in [7, 11) is 0. The van der Waals surface area contributed by atoms with Crippen LogP contribution in [0.25, 0.3) is 0 Å². The summed E-state index contributed by atoms with van der Waals surface area (Å²) in [5, 5.41) is 3.89. The van der Waals surface area contributed by atoms with Gasteiger partial charge >= 0.3 is 0 Å². The lowest BCUT2D eigenvalue weighted by Gasteiger charge is -2.36. The van der Waals surface area contributed by atoms with Crippen LogP contribution in [0.2, 0.25) is 5.02 Å². The lowest BCUT2D eigenvalue weighted by Crippen LogP contribution is -2.50. The maximum absolute atomic E-state index is 12.3. The fourth-order valence-electron chi connectivity index (χ4n) is 2.87. The Morgan fingerprint density at radius 2 is 2.00 bits per heavy atom. The van der Waals surface area contributed by atoms with Crippen LogP contribution in [-0.2, 0) is 11.3 Å². The highest BCUT2D eigenvalue weighted by Crippen LogP contribution is 2.20. The Bertz CT molecular complexity index is 693. The summed E-state index contributed by atoms with van der Waals surface area (Å²) in [6.45, 7) is 5.92. The fraction of sp³-hybridized carbons (Fsp3) is 0.389. The molecule has 1 aliphatic rings. The minimum atomic E-state index is 0.129. The Morgan fingerprint density at radius 1 is 1.21 bits per heavy atom. The third kappa shape index (κ3) is 4.30. The summed E-state index contributed by atoms with van der Waals surface area (Å²) >= 11 is 6.05. The number of nitrogens with one attached hydrogen (secondary N) is 1. The molecule has 1 amide bonds. The number of nitrogens with zero attached hydrogens (tertiary/aromatic N) is 2. The monoisotopic (exact) mass is 347 g/mol. The van der Waals surface area contributed by atoms with Gasteiger partial charge in [-0.05, 0) is 37.3 Å². The number of piperazine rings is 1. The van der Waals surface area contributed by atoms with Crippen molar-refractivity contribution in [2.75, 3.05) is 37.6 Å². The summed E-state index contributed by atoms with van der Waals surface area (Å²) in [4.78, 5) is 16.4. The van der Waals surface area contributed by atoms with Crippen molar-refractivity contribution in [2.24, 2.45) is 0 Å². The van der Waals surface area contributed by atoms with Gasteiger partial charge in [-0.1, -0.05) is 17.7 Å². The minimum absolute atomic E-state index is 0.129. The first-order valence-corrected chi connectivity index (χ1v) is 8.54. The molecule has 0 aliphatic carbocycles. The van der Waals surface area contributed by atoms with E-state index in [0.717, 1.165) is 48.4 Å². The number of amides is 1. The van der Waals surface area contributed by atoms with Crippen LogP contribution in [0.5, 0.6) is 0 Å². The van der Waals surface area contributed by atoms with Crippen LogP contribution in [-0.4, -0.2) is 43.5 Å². The first-order chi connectivity index (χ1) is 11.6. The third-order valence-corrected chi connectivity index (χ3v) is 4.41. The zero-order valence-electron chi connectivity index (χ0n) is 13.8. The van der Waals surface area contributed by atoms with E-state index in [1.807, 2.05) is 42.2 Å². The highest BCUT2D eigenvalue weighted by molar-refractivity contribution is 6.30. The molecule has 3 rings (SSSR count). The molecule has 0 saturated carbocycles. The van der Waals surface area contributed by atoms with Crippen LogP contribution in [0.1, 0.15) is 11.5 Å². The molecule has 0 atom stereocenters. The molecule has 24 heavy (non-hydrogen) atoms. The van der Waals surface area contributed by atoms with Gasteiger partial charge in [-0.25, -0.2) is 0 Å². The van der Waals surface area contributed by atoms with Crippen molar-refractivity contribution in [3.8, 4) is 0 Å². The number of anilines is 1. The van der Waals surface area contributed by atoms with Crippen LogP contribution in [0.3, 0.4) is 0 Å². The molecule has 0 unspecified atom stereocenters. The standard InChI is InChI=1S/C18H22ClN3O2/c1-14-5-6-17(24-14)12-20-13-18(23)22-9-7-21(8-10-22)16-4-2-3-15(19)11-16/h2-6,11,20H,7-10,12-13H2,1H3. The Kier molecular flexibility index (Phi) is 5.43. The van der Waals surface area contributed by atoms with Crippen molar-refractivity contribution < 1.29 is 9.21 Å². The van der Waals surface area contributed by atoms with Crippen LogP contribution >= 0.6 is 11.6 Å². The predicted octanol–water partition coefficient (Wildman–Crippen LogP) is 2.68. The van der Waals surface area contributed by atoms with Crippen molar-refractivity contribution in [3.05, 3.63) is 52.9 Å². The summed E-state index contributed by atoms with van der Waals surface area (Å²) in [5.41, 5.74) is 1.11. The number of hydrogen-bond acceptors (Lipinski definition) is 4. The summed E-state index contributed by atoms with van der Waals surface area (Å²) in [6, 6.07) is 11.7. The number of hydrogen-bond donors (Lipinski definition) is 1. The molecule has 2 heterocycles. The van der Waals surface area contributed by atoms with E-state index >= 15 is 0 Å². The second-order valence-electron chi connectivity index (χ2n) is 5.96. The molecular weight excluding hydrogens is 326 g/mol. The van der Waals surface area contributed by atoms with E-state index in [1.54, 1.807) is 0 Å². The predicted molar refractivity (Wildman–Crippen MR) is 95.4 cm³/mol. The lowest BCUT2D eigenvalue weighted by molar-refractivity contribution is -0.130. The third-order valence-electron chi connectivity index (χ3n) is 4.18. The quantitative estimate of drug-likeness (QED) is 0.903. The SMILES string of the molecule is Cc1ccc(CNCC(=O)N2CCN(c3cccc(Cl)c3)CC2)o1. The Morgan fingerprint density at radius 3 is 2.67 bits per heavy atom. The van der Waals surface area contributed by atoms with Gasteiger partial charge in [0.15, 0.2) is 0 Å². The van der Waals surface area contributed by atoms with Gasteiger partial charge in [-0.2, -0.15) is 0 Å². The van der Waals surface area contributed by atoms with Gasteiger partial charge in [-0.15, -0.1) is 0 Å². The average molecular weight is 348 g/mol. The number of rotatable bonds is 5. The van der Waals surface area contributed by atoms with Gasteiger partial charge < -0.3 is 19.5 Å². The van der Waals surface area contributed by atoms with E-state index in [4.69, 9.17) is 16.0 Å². The number of benzene rings is 1. The number of carbonyl (C=O) groups is 1. The first kappa shape index (κ1) is 16.9. The normalized spacial score (nSPS) is 14.9. The topological polar surface area (TPSA) is 48.7 Å². The second kappa shape index (κ2) is 7.73. The van der Waals surface area contributed by atoms with Gasteiger partial charge in [-0.3, -0.25) is 4.79 Å². The van der Waals surface area contributed by atoms with Crippen LogP contribution < -0.4 is 10.2 Å². The molecule has 1 aliphatic heterocycles. The largest absolute Gasteiger partial charge is 0.465 e. The Hall–Kier alpha value is -1.98. The van der Waals surface area contributed by atoms with E-state index < -0.39 is 0 Å². The molecule has 5 nitrogen and oxygen atoms in total. The van der Waals surface area contributed by atoms with E-state index in [9.17, 15) is 4.79 Å². The maximum Gasteiger partial charge on any atom is 0.236 e. The smallest absolute Gasteiger partial charge is 0.236 e. The van der Waals surface area contributed by atoms with Crippen LogP contribution in [0.4, 0.5) is 5.69 Å².